The standard InChI is InChI=1S/C32H35NO4/c1-24(34)23-36-29-18-19-31(28(22-29)17-11-4-8-14-26-12-6-3-7-13-26)35-21-20-30-25(2)37-32(33-30)27-15-9-5-10-16-27/h3,5-7,9-10,12-13,15-16,18-19,22H,4,8,11,14,17,20-21,23H2,1-2H3. The van der Waals surface area contributed by atoms with Crippen LogP contribution in [0.5, 0.6) is 11.5 Å². The molecule has 0 radical (unpaired) electrons. The fraction of sp³-hybridized carbons (Fsp3) is 0.312. The van der Waals surface area contributed by atoms with Gasteiger partial charge in [-0.1, -0.05) is 55.0 Å². The number of benzene rings is 3. The summed E-state index contributed by atoms with van der Waals surface area (Å²) in [6, 6.07) is 26.3. The molecule has 1 heterocycles. The van der Waals surface area contributed by atoms with Gasteiger partial charge in [-0.3, -0.25) is 4.79 Å². The molecule has 0 unspecified atom stereocenters. The van der Waals surface area contributed by atoms with Crippen molar-refractivity contribution in [2.75, 3.05) is 13.2 Å². The summed E-state index contributed by atoms with van der Waals surface area (Å²) in [6.07, 6.45) is 5.98. The third kappa shape index (κ3) is 8.07. The molecule has 0 aliphatic carbocycles. The molecule has 0 fully saturated rings. The van der Waals surface area contributed by atoms with Gasteiger partial charge >= 0.3 is 0 Å². The van der Waals surface area contributed by atoms with Crippen molar-refractivity contribution in [3.63, 3.8) is 0 Å². The summed E-state index contributed by atoms with van der Waals surface area (Å²) in [7, 11) is 0. The summed E-state index contributed by atoms with van der Waals surface area (Å²) in [4.78, 5) is 16.0. The van der Waals surface area contributed by atoms with Crippen molar-refractivity contribution in [1.82, 2.24) is 4.98 Å². The molecular weight excluding hydrogens is 462 g/mol. The number of ketones is 1. The average Bonchev–Trinajstić information content (AvgIpc) is 3.29. The molecule has 4 rings (SSSR count). The Balaban J connectivity index is 1.35. The van der Waals surface area contributed by atoms with E-state index < -0.39 is 0 Å². The van der Waals surface area contributed by atoms with Gasteiger partial charge in [-0.05, 0) is 81.0 Å². The number of Topliss-reactive ketones (excluding diaryl/α,β-unsaturated/α-hetero) is 1. The molecule has 4 aromatic rings. The summed E-state index contributed by atoms with van der Waals surface area (Å²) in [5.74, 6) is 3.00. The second-order valence-corrected chi connectivity index (χ2v) is 9.29. The van der Waals surface area contributed by atoms with E-state index in [-0.39, 0.29) is 12.4 Å². The Morgan fingerprint density at radius 2 is 1.57 bits per heavy atom. The monoisotopic (exact) mass is 497 g/mol. The zero-order valence-electron chi connectivity index (χ0n) is 21.7. The first-order chi connectivity index (χ1) is 18.1. The largest absolute Gasteiger partial charge is 0.493 e. The molecule has 0 saturated carbocycles. The Labute approximate surface area is 219 Å². The molecule has 0 aliphatic rings. The van der Waals surface area contributed by atoms with Crippen LogP contribution in [-0.2, 0) is 24.1 Å². The Morgan fingerprint density at radius 3 is 2.32 bits per heavy atom. The number of aromatic nitrogens is 1. The maximum absolute atomic E-state index is 11.4. The van der Waals surface area contributed by atoms with Gasteiger partial charge in [-0.2, -0.15) is 0 Å². The molecule has 0 amide bonds. The quantitative estimate of drug-likeness (QED) is 0.172. The van der Waals surface area contributed by atoms with E-state index in [0.29, 0.717) is 24.7 Å². The average molecular weight is 498 g/mol. The second-order valence-electron chi connectivity index (χ2n) is 9.29. The number of rotatable bonds is 14. The van der Waals surface area contributed by atoms with E-state index >= 15 is 0 Å². The van der Waals surface area contributed by atoms with Gasteiger partial charge in [-0.25, -0.2) is 4.98 Å². The van der Waals surface area contributed by atoms with Crippen LogP contribution in [0.15, 0.2) is 83.3 Å². The van der Waals surface area contributed by atoms with Gasteiger partial charge in [0.1, 0.15) is 23.9 Å². The van der Waals surface area contributed by atoms with Crippen molar-refractivity contribution >= 4 is 5.78 Å². The van der Waals surface area contributed by atoms with Crippen LogP contribution in [0.25, 0.3) is 11.5 Å². The van der Waals surface area contributed by atoms with Crippen LogP contribution in [0.2, 0.25) is 0 Å². The number of ether oxygens (including phenoxy) is 2. The molecule has 1 aromatic heterocycles. The summed E-state index contributed by atoms with van der Waals surface area (Å²) >= 11 is 0. The van der Waals surface area contributed by atoms with E-state index in [4.69, 9.17) is 13.9 Å². The van der Waals surface area contributed by atoms with E-state index in [2.05, 4.69) is 35.3 Å². The van der Waals surface area contributed by atoms with Crippen LogP contribution in [0.3, 0.4) is 0 Å². The number of carbonyl (C=O) groups is 1. The Morgan fingerprint density at radius 1 is 0.838 bits per heavy atom. The molecule has 3 aromatic carbocycles. The molecule has 0 atom stereocenters. The zero-order valence-corrected chi connectivity index (χ0v) is 21.7. The van der Waals surface area contributed by atoms with Crippen molar-refractivity contribution in [2.24, 2.45) is 0 Å². The number of hydrogen-bond donors (Lipinski definition) is 0. The number of nitrogens with zero attached hydrogens (tertiary/aromatic N) is 1. The molecule has 0 bridgehead atoms. The highest BCUT2D eigenvalue weighted by molar-refractivity contribution is 5.77. The first kappa shape index (κ1) is 26.2. The number of oxazole rings is 1. The first-order valence-corrected chi connectivity index (χ1v) is 13.0. The van der Waals surface area contributed by atoms with Crippen molar-refractivity contribution in [1.29, 1.82) is 0 Å². The summed E-state index contributed by atoms with van der Waals surface area (Å²) in [6.45, 7) is 4.04. The lowest BCUT2D eigenvalue weighted by atomic mass is 10.0. The van der Waals surface area contributed by atoms with Gasteiger partial charge in [0.2, 0.25) is 5.89 Å². The van der Waals surface area contributed by atoms with Crippen molar-refractivity contribution < 1.29 is 18.7 Å². The maximum atomic E-state index is 11.4. The van der Waals surface area contributed by atoms with E-state index in [1.54, 1.807) is 0 Å². The van der Waals surface area contributed by atoms with Crippen molar-refractivity contribution in [3.8, 4) is 23.0 Å². The van der Waals surface area contributed by atoms with Crippen molar-refractivity contribution in [3.05, 3.63) is 101 Å². The number of carbonyl (C=O) groups excluding carboxylic acids is 1. The zero-order chi connectivity index (χ0) is 25.9. The van der Waals surface area contributed by atoms with Crippen LogP contribution >= 0.6 is 0 Å². The SMILES string of the molecule is CC(=O)COc1ccc(OCCc2nc(-c3ccccc3)oc2C)c(CCCCCc2ccccc2)c1. The molecule has 0 spiro atoms. The molecule has 5 nitrogen and oxygen atoms in total. The summed E-state index contributed by atoms with van der Waals surface area (Å²) < 4.78 is 17.8. The minimum absolute atomic E-state index is 0.000595. The van der Waals surface area contributed by atoms with Gasteiger partial charge in [0.15, 0.2) is 5.78 Å². The van der Waals surface area contributed by atoms with E-state index in [1.165, 1.54) is 12.5 Å². The minimum Gasteiger partial charge on any atom is -0.493 e. The lowest BCUT2D eigenvalue weighted by Crippen LogP contribution is -2.08. The van der Waals surface area contributed by atoms with Crippen LogP contribution in [-0.4, -0.2) is 24.0 Å². The highest BCUT2D eigenvalue weighted by atomic mass is 16.5. The van der Waals surface area contributed by atoms with Gasteiger partial charge in [-0.15, -0.1) is 0 Å². The van der Waals surface area contributed by atoms with Crippen LogP contribution in [0, 0.1) is 6.92 Å². The lowest BCUT2D eigenvalue weighted by Gasteiger charge is -2.14. The molecular formula is C32H35NO4. The first-order valence-electron chi connectivity index (χ1n) is 13.0. The highest BCUT2D eigenvalue weighted by Gasteiger charge is 2.13. The topological polar surface area (TPSA) is 61.6 Å². The van der Waals surface area contributed by atoms with Crippen LogP contribution in [0.1, 0.15) is 48.8 Å². The van der Waals surface area contributed by atoms with E-state index in [1.807, 2.05) is 55.5 Å². The predicted octanol–water partition coefficient (Wildman–Crippen LogP) is 7.19. The molecule has 0 aliphatic heterocycles. The molecule has 37 heavy (non-hydrogen) atoms. The Bertz CT molecular complexity index is 1260. The van der Waals surface area contributed by atoms with Crippen molar-refractivity contribution in [2.45, 2.75) is 52.4 Å². The minimum atomic E-state index is 0.000595. The third-order valence-corrected chi connectivity index (χ3v) is 6.24. The highest BCUT2D eigenvalue weighted by Crippen LogP contribution is 2.27. The van der Waals surface area contributed by atoms with E-state index in [9.17, 15) is 4.79 Å². The predicted molar refractivity (Wildman–Crippen MR) is 146 cm³/mol. The summed E-state index contributed by atoms with van der Waals surface area (Å²) in [5, 5.41) is 0. The number of unbranched alkanes of at least 4 members (excludes halogenated alkanes) is 2. The van der Waals surface area contributed by atoms with Crippen LogP contribution in [0.4, 0.5) is 0 Å². The smallest absolute Gasteiger partial charge is 0.226 e. The van der Waals surface area contributed by atoms with E-state index in [0.717, 1.165) is 60.4 Å². The fourth-order valence-corrected chi connectivity index (χ4v) is 4.25. The number of aryl methyl sites for hydroxylation is 3. The Hall–Kier alpha value is -3.86. The van der Waals surface area contributed by atoms with Gasteiger partial charge in [0.25, 0.3) is 0 Å². The third-order valence-electron chi connectivity index (χ3n) is 6.24. The molecule has 0 saturated heterocycles. The van der Waals surface area contributed by atoms with Gasteiger partial charge in [0.05, 0.1) is 12.3 Å². The molecule has 5 heteroatoms. The number of hydrogen-bond acceptors (Lipinski definition) is 5. The maximum Gasteiger partial charge on any atom is 0.226 e. The summed E-state index contributed by atoms with van der Waals surface area (Å²) in [5.41, 5.74) is 4.35. The molecule has 0 N–H and O–H groups in total. The second kappa shape index (κ2) is 13.4. The van der Waals surface area contributed by atoms with Gasteiger partial charge in [0, 0.05) is 12.0 Å². The van der Waals surface area contributed by atoms with Crippen LogP contribution < -0.4 is 9.47 Å². The van der Waals surface area contributed by atoms with Gasteiger partial charge < -0.3 is 13.9 Å². The Kier molecular flexibility index (Phi) is 9.53. The lowest BCUT2D eigenvalue weighted by molar-refractivity contribution is -0.118. The normalized spacial score (nSPS) is 10.9. The molecule has 192 valence electrons. The fourth-order valence-electron chi connectivity index (χ4n) is 4.25.